The van der Waals surface area contributed by atoms with E-state index < -0.39 is 0 Å². The van der Waals surface area contributed by atoms with Crippen LogP contribution in [0.5, 0.6) is 0 Å². The van der Waals surface area contributed by atoms with E-state index in [0.29, 0.717) is 25.2 Å². The maximum Gasteiger partial charge on any atom is 0.0575 e. The molecule has 1 aliphatic carbocycles. The minimum Gasteiger partial charge on any atom is -0.396 e. The summed E-state index contributed by atoms with van der Waals surface area (Å²) in [5.74, 6) is 0.513. The maximum atomic E-state index is 8.99. The molecule has 1 fully saturated rings. The van der Waals surface area contributed by atoms with Crippen LogP contribution in [0.2, 0.25) is 0 Å². The van der Waals surface area contributed by atoms with E-state index in [9.17, 15) is 0 Å². The number of aliphatic hydroxyl groups is 2. The minimum absolute atomic E-state index is 0.293. The van der Waals surface area contributed by atoms with Gasteiger partial charge in [-0.2, -0.15) is 0 Å². The number of ether oxygens (including phenoxy) is 1. The molecule has 0 saturated heterocycles. The zero-order valence-corrected chi connectivity index (χ0v) is 9.53. The molecule has 3 heteroatoms. The average Bonchev–Trinajstić information content (AvgIpc) is 2.30. The van der Waals surface area contributed by atoms with Gasteiger partial charge in [-0.1, -0.05) is 0 Å². The smallest absolute Gasteiger partial charge is 0.0575 e. The Hall–Kier alpha value is -0.120. The first kappa shape index (κ1) is 12.9. The van der Waals surface area contributed by atoms with Crippen molar-refractivity contribution in [2.45, 2.75) is 51.0 Å². The standard InChI is InChI=1S/C12H24O3/c13-8-2-1-3-9-15-12-6-4-11(10-14)5-7-12/h11-14H,1-10H2. The molecular formula is C12H24O3. The normalized spacial score (nSPS) is 26.8. The summed E-state index contributed by atoms with van der Waals surface area (Å²) in [6, 6.07) is 0. The lowest BCUT2D eigenvalue weighted by atomic mass is 9.88. The van der Waals surface area contributed by atoms with Crippen molar-refractivity contribution >= 4 is 0 Å². The van der Waals surface area contributed by atoms with E-state index in [1.165, 1.54) is 0 Å². The van der Waals surface area contributed by atoms with Gasteiger partial charge in [0.25, 0.3) is 0 Å². The topological polar surface area (TPSA) is 49.7 Å². The first-order valence-electron chi connectivity index (χ1n) is 6.20. The molecule has 0 aliphatic heterocycles. The van der Waals surface area contributed by atoms with Gasteiger partial charge in [-0.15, -0.1) is 0 Å². The Bertz CT molecular complexity index is 142. The number of aliphatic hydroxyl groups excluding tert-OH is 2. The molecular weight excluding hydrogens is 192 g/mol. The molecule has 0 aromatic heterocycles. The molecule has 90 valence electrons. The quantitative estimate of drug-likeness (QED) is 0.637. The third kappa shape index (κ3) is 5.50. The molecule has 2 N–H and O–H groups in total. The number of hydrogen-bond acceptors (Lipinski definition) is 3. The van der Waals surface area contributed by atoms with Crippen LogP contribution in [0, 0.1) is 5.92 Å². The highest BCUT2D eigenvalue weighted by atomic mass is 16.5. The lowest BCUT2D eigenvalue weighted by Gasteiger charge is -2.27. The van der Waals surface area contributed by atoms with Crippen LogP contribution in [0.3, 0.4) is 0 Å². The summed E-state index contributed by atoms with van der Waals surface area (Å²) >= 11 is 0. The third-order valence-corrected chi connectivity index (χ3v) is 3.21. The second kappa shape index (κ2) is 8.08. The Balaban J connectivity index is 1.94. The van der Waals surface area contributed by atoms with Gasteiger partial charge >= 0.3 is 0 Å². The van der Waals surface area contributed by atoms with Gasteiger partial charge < -0.3 is 14.9 Å². The molecule has 3 nitrogen and oxygen atoms in total. The maximum absolute atomic E-state index is 8.99. The van der Waals surface area contributed by atoms with Crippen molar-refractivity contribution in [3.63, 3.8) is 0 Å². The van der Waals surface area contributed by atoms with Gasteiger partial charge in [0.1, 0.15) is 0 Å². The van der Waals surface area contributed by atoms with Crippen molar-refractivity contribution in [3.8, 4) is 0 Å². The predicted molar refractivity (Wildman–Crippen MR) is 59.7 cm³/mol. The molecule has 0 heterocycles. The molecule has 0 atom stereocenters. The van der Waals surface area contributed by atoms with Crippen LogP contribution < -0.4 is 0 Å². The predicted octanol–water partition coefficient (Wildman–Crippen LogP) is 1.72. The monoisotopic (exact) mass is 216 g/mol. The largest absolute Gasteiger partial charge is 0.396 e. The van der Waals surface area contributed by atoms with E-state index >= 15 is 0 Å². The summed E-state index contributed by atoms with van der Waals surface area (Å²) in [5, 5.41) is 17.6. The molecule has 1 aliphatic rings. The highest BCUT2D eigenvalue weighted by molar-refractivity contribution is 4.72. The van der Waals surface area contributed by atoms with E-state index in [1.807, 2.05) is 0 Å². The SMILES string of the molecule is OCCCCCOC1CCC(CO)CC1. The van der Waals surface area contributed by atoms with Crippen LogP contribution in [-0.2, 0) is 4.74 Å². The molecule has 15 heavy (non-hydrogen) atoms. The fourth-order valence-electron chi connectivity index (χ4n) is 2.12. The third-order valence-electron chi connectivity index (χ3n) is 3.21. The first-order valence-corrected chi connectivity index (χ1v) is 6.20. The van der Waals surface area contributed by atoms with Crippen molar-refractivity contribution < 1.29 is 14.9 Å². The lowest BCUT2D eigenvalue weighted by molar-refractivity contribution is 0.00940. The zero-order chi connectivity index (χ0) is 10.9. The van der Waals surface area contributed by atoms with E-state index in [4.69, 9.17) is 14.9 Å². The molecule has 0 spiro atoms. The summed E-state index contributed by atoms with van der Waals surface area (Å²) in [6.45, 7) is 1.46. The van der Waals surface area contributed by atoms with Crippen LogP contribution in [0.15, 0.2) is 0 Å². The Morgan fingerprint density at radius 1 is 0.933 bits per heavy atom. The van der Waals surface area contributed by atoms with E-state index in [-0.39, 0.29) is 0 Å². The minimum atomic E-state index is 0.293. The summed E-state index contributed by atoms with van der Waals surface area (Å²) in [7, 11) is 0. The number of hydrogen-bond donors (Lipinski definition) is 2. The van der Waals surface area contributed by atoms with Gasteiger partial charge in [-0.25, -0.2) is 0 Å². The van der Waals surface area contributed by atoms with Crippen molar-refractivity contribution in [2.75, 3.05) is 19.8 Å². The molecule has 1 rings (SSSR count). The Morgan fingerprint density at radius 3 is 2.27 bits per heavy atom. The van der Waals surface area contributed by atoms with Crippen LogP contribution in [-0.4, -0.2) is 36.1 Å². The molecule has 0 aromatic rings. The number of rotatable bonds is 7. The summed E-state index contributed by atoms with van der Waals surface area (Å²) in [6.07, 6.45) is 7.84. The van der Waals surface area contributed by atoms with Crippen LogP contribution in [0.1, 0.15) is 44.9 Å². The Kier molecular flexibility index (Phi) is 6.98. The Morgan fingerprint density at radius 2 is 1.67 bits per heavy atom. The van der Waals surface area contributed by atoms with Crippen LogP contribution in [0.4, 0.5) is 0 Å². The number of unbranched alkanes of at least 4 members (excludes halogenated alkanes) is 2. The van der Waals surface area contributed by atoms with Gasteiger partial charge in [0.05, 0.1) is 6.10 Å². The molecule has 0 radical (unpaired) electrons. The van der Waals surface area contributed by atoms with E-state index in [2.05, 4.69) is 0 Å². The van der Waals surface area contributed by atoms with E-state index in [0.717, 1.165) is 51.6 Å². The lowest BCUT2D eigenvalue weighted by Crippen LogP contribution is -2.23. The van der Waals surface area contributed by atoms with Crippen molar-refractivity contribution in [1.29, 1.82) is 0 Å². The zero-order valence-electron chi connectivity index (χ0n) is 9.53. The highest BCUT2D eigenvalue weighted by Gasteiger charge is 2.20. The molecule has 0 bridgehead atoms. The van der Waals surface area contributed by atoms with E-state index in [1.54, 1.807) is 0 Å². The van der Waals surface area contributed by atoms with Crippen LogP contribution in [0.25, 0.3) is 0 Å². The van der Waals surface area contributed by atoms with Gasteiger partial charge in [-0.05, 0) is 50.9 Å². The summed E-state index contributed by atoms with van der Waals surface area (Å²) < 4.78 is 5.76. The van der Waals surface area contributed by atoms with Gasteiger partial charge in [0, 0.05) is 19.8 Å². The van der Waals surface area contributed by atoms with Crippen molar-refractivity contribution in [1.82, 2.24) is 0 Å². The molecule has 0 aromatic carbocycles. The Labute approximate surface area is 92.4 Å². The molecule has 0 unspecified atom stereocenters. The van der Waals surface area contributed by atoms with Gasteiger partial charge in [0.2, 0.25) is 0 Å². The fourth-order valence-corrected chi connectivity index (χ4v) is 2.12. The van der Waals surface area contributed by atoms with Crippen molar-refractivity contribution in [3.05, 3.63) is 0 Å². The summed E-state index contributed by atoms with van der Waals surface area (Å²) in [4.78, 5) is 0. The van der Waals surface area contributed by atoms with Crippen LogP contribution >= 0.6 is 0 Å². The molecule has 1 saturated carbocycles. The van der Waals surface area contributed by atoms with Crippen molar-refractivity contribution in [2.24, 2.45) is 5.92 Å². The average molecular weight is 216 g/mol. The fraction of sp³-hybridized carbons (Fsp3) is 1.00. The highest BCUT2D eigenvalue weighted by Crippen LogP contribution is 2.25. The second-order valence-corrected chi connectivity index (χ2v) is 4.48. The summed E-state index contributed by atoms with van der Waals surface area (Å²) in [5.41, 5.74) is 0. The first-order chi connectivity index (χ1) is 7.36. The van der Waals surface area contributed by atoms with Gasteiger partial charge in [0.15, 0.2) is 0 Å². The molecule has 0 amide bonds. The van der Waals surface area contributed by atoms with Gasteiger partial charge in [-0.3, -0.25) is 0 Å². The second-order valence-electron chi connectivity index (χ2n) is 4.48.